The number of hydrogen-bond acceptors (Lipinski definition) is 0. The van der Waals surface area contributed by atoms with Crippen LogP contribution in [0.25, 0.3) is 22.3 Å². The van der Waals surface area contributed by atoms with Crippen LogP contribution in [0.2, 0.25) is 5.02 Å². The molecule has 1 aliphatic rings. The Balaban J connectivity index is 1.73. The van der Waals surface area contributed by atoms with E-state index in [4.69, 9.17) is 11.6 Å². The van der Waals surface area contributed by atoms with Crippen molar-refractivity contribution < 1.29 is 0 Å². The van der Waals surface area contributed by atoms with Crippen LogP contribution in [0.3, 0.4) is 0 Å². The third-order valence-corrected chi connectivity index (χ3v) is 5.20. The van der Waals surface area contributed by atoms with Gasteiger partial charge in [0.25, 0.3) is 0 Å². The molecule has 0 radical (unpaired) electrons. The van der Waals surface area contributed by atoms with Crippen LogP contribution in [0.1, 0.15) is 30.0 Å². The zero-order valence-electron chi connectivity index (χ0n) is 14.0. The minimum atomic E-state index is 0.786. The van der Waals surface area contributed by atoms with E-state index in [0.29, 0.717) is 0 Å². The first-order chi connectivity index (χ1) is 11.7. The molecule has 120 valence electrons. The number of fused-ring (bicyclic) bond motifs is 3. The maximum Gasteiger partial charge on any atom is 0.0406 e. The monoisotopic (exact) mass is 332 g/mol. The molecule has 0 aromatic heterocycles. The molecule has 1 aliphatic carbocycles. The Morgan fingerprint density at radius 2 is 1.38 bits per heavy atom. The van der Waals surface area contributed by atoms with Gasteiger partial charge in [-0.1, -0.05) is 73.5 Å². The van der Waals surface area contributed by atoms with Crippen molar-refractivity contribution in [3.05, 3.63) is 82.4 Å². The quantitative estimate of drug-likeness (QED) is 0.499. The third-order valence-electron chi connectivity index (χ3n) is 4.94. The standard InChI is InChI=1S/C23H21Cl/c1-2-3-16-4-12-22-19(14-16)5-6-20-15-18(9-13-23(20)22)17-7-10-21(24)11-8-17/h4,7-15H,2-3,5-6H2,1H3. The minimum absolute atomic E-state index is 0.786. The zero-order valence-corrected chi connectivity index (χ0v) is 14.7. The Hall–Kier alpha value is -2.05. The van der Waals surface area contributed by atoms with E-state index in [1.54, 1.807) is 0 Å². The van der Waals surface area contributed by atoms with Gasteiger partial charge in [0.15, 0.2) is 0 Å². The molecule has 0 saturated carbocycles. The van der Waals surface area contributed by atoms with Crippen LogP contribution in [0, 0.1) is 0 Å². The summed E-state index contributed by atoms with van der Waals surface area (Å²) in [7, 11) is 0. The van der Waals surface area contributed by atoms with E-state index in [1.807, 2.05) is 12.1 Å². The summed E-state index contributed by atoms with van der Waals surface area (Å²) < 4.78 is 0. The van der Waals surface area contributed by atoms with Gasteiger partial charge in [0.2, 0.25) is 0 Å². The summed E-state index contributed by atoms with van der Waals surface area (Å²) in [4.78, 5) is 0. The molecule has 3 aromatic carbocycles. The molecular weight excluding hydrogens is 312 g/mol. The van der Waals surface area contributed by atoms with Gasteiger partial charge in [0.05, 0.1) is 0 Å². The van der Waals surface area contributed by atoms with Crippen LogP contribution in [0.4, 0.5) is 0 Å². The largest absolute Gasteiger partial charge is 0.0843 e. The molecule has 0 heterocycles. The molecule has 0 bridgehead atoms. The van der Waals surface area contributed by atoms with Crippen molar-refractivity contribution in [1.82, 2.24) is 0 Å². The van der Waals surface area contributed by atoms with Crippen molar-refractivity contribution in [2.24, 2.45) is 0 Å². The van der Waals surface area contributed by atoms with E-state index in [2.05, 4.69) is 55.5 Å². The Labute approximate surface area is 149 Å². The highest BCUT2D eigenvalue weighted by molar-refractivity contribution is 6.30. The fraction of sp³-hybridized carbons (Fsp3) is 0.217. The van der Waals surface area contributed by atoms with Crippen LogP contribution in [0.5, 0.6) is 0 Å². The van der Waals surface area contributed by atoms with Gasteiger partial charge in [-0.15, -0.1) is 0 Å². The summed E-state index contributed by atoms with van der Waals surface area (Å²) >= 11 is 6.01. The summed E-state index contributed by atoms with van der Waals surface area (Å²) in [5, 5.41) is 0.786. The van der Waals surface area contributed by atoms with Crippen molar-refractivity contribution in [2.75, 3.05) is 0 Å². The highest BCUT2D eigenvalue weighted by Crippen LogP contribution is 2.36. The molecule has 3 aromatic rings. The van der Waals surface area contributed by atoms with Crippen LogP contribution in [-0.4, -0.2) is 0 Å². The Morgan fingerprint density at radius 3 is 2.08 bits per heavy atom. The predicted molar refractivity (Wildman–Crippen MR) is 104 cm³/mol. The van der Waals surface area contributed by atoms with Crippen molar-refractivity contribution in [3.8, 4) is 22.3 Å². The lowest BCUT2D eigenvalue weighted by Crippen LogP contribution is -2.05. The first kappa shape index (κ1) is 15.5. The van der Waals surface area contributed by atoms with E-state index in [1.165, 1.54) is 51.8 Å². The topological polar surface area (TPSA) is 0 Å². The summed E-state index contributed by atoms with van der Waals surface area (Å²) in [6, 6.07) is 22.0. The third kappa shape index (κ3) is 2.87. The lowest BCUT2D eigenvalue weighted by molar-refractivity contribution is 0.901. The van der Waals surface area contributed by atoms with Gasteiger partial charge in [-0.05, 0) is 70.3 Å². The first-order valence-electron chi connectivity index (χ1n) is 8.75. The van der Waals surface area contributed by atoms with Gasteiger partial charge in [-0.3, -0.25) is 0 Å². The van der Waals surface area contributed by atoms with Crippen LogP contribution < -0.4 is 0 Å². The first-order valence-corrected chi connectivity index (χ1v) is 9.13. The highest BCUT2D eigenvalue weighted by atomic mass is 35.5. The van der Waals surface area contributed by atoms with Gasteiger partial charge in [0.1, 0.15) is 0 Å². The maximum absolute atomic E-state index is 6.01. The zero-order chi connectivity index (χ0) is 16.5. The smallest absolute Gasteiger partial charge is 0.0406 e. The number of hydrogen-bond donors (Lipinski definition) is 0. The summed E-state index contributed by atoms with van der Waals surface area (Å²) in [5.41, 5.74) is 9.75. The van der Waals surface area contributed by atoms with E-state index >= 15 is 0 Å². The second kappa shape index (κ2) is 6.45. The van der Waals surface area contributed by atoms with Crippen molar-refractivity contribution in [3.63, 3.8) is 0 Å². The van der Waals surface area contributed by atoms with E-state index in [-0.39, 0.29) is 0 Å². The molecule has 0 unspecified atom stereocenters. The summed E-state index contributed by atoms with van der Waals surface area (Å²) in [6.45, 7) is 2.24. The van der Waals surface area contributed by atoms with Gasteiger partial charge in [0, 0.05) is 5.02 Å². The number of aryl methyl sites for hydroxylation is 3. The molecule has 0 fully saturated rings. The minimum Gasteiger partial charge on any atom is -0.0843 e. The predicted octanol–water partition coefficient (Wildman–Crippen LogP) is 6.73. The Bertz CT molecular complexity index is 875. The van der Waals surface area contributed by atoms with Crippen molar-refractivity contribution in [2.45, 2.75) is 32.6 Å². The SMILES string of the molecule is CCCc1ccc2c(c1)CCc1cc(-c3ccc(Cl)cc3)ccc1-2. The van der Waals surface area contributed by atoms with Crippen molar-refractivity contribution >= 4 is 11.6 Å². The maximum atomic E-state index is 6.01. The van der Waals surface area contributed by atoms with Crippen LogP contribution in [0.15, 0.2) is 60.7 Å². The van der Waals surface area contributed by atoms with E-state index in [0.717, 1.165) is 17.9 Å². The lowest BCUT2D eigenvalue weighted by atomic mass is 9.83. The van der Waals surface area contributed by atoms with E-state index in [9.17, 15) is 0 Å². The summed E-state index contributed by atoms with van der Waals surface area (Å²) in [5.74, 6) is 0. The fourth-order valence-electron chi connectivity index (χ4n) is 3.72. The molecule has 4 rings (SSSR count). The second-order valence-corrected chi connectivity index (χ2v) is 7.06. The normalized spacial score (nSPS) is 12.6. The molecule has 24 heavy (non-hydrogen) atoms. The van der Waals surface area contributed by atoms with E-state index < -0.39 is 0 Å². The van der Waals surface area contributed by atoms with Gasteiger partial charge < -0.3 is 0 Å². The number of halogens is 1. The lowest BCUT2D eigenvalue weighted by Gasteiger charge is -2.21. The Morgan fingerprint density at radius 1 is 0.750 bits per heavy atom. The Kier molecular flexibility index (Phi) is 4.16. The highest BCUT2D eigenvalue weighted by Gasteiger charge is 2.17. The number of benzene rings is 3. The molecular formula is C23H21Cl. The second-order valence-electron chi connectivity index (χ2n) is 6.62. The average molecular weight is 333 g/mol. The van der Waals surface area contributed by atoms with Crippen LogP contribution >= 0.6 is 11.6 Å². The van der Waals surface area contributed by atoms with Crippen LogP contribution in [-0.2, 0) is 19.3 Å². The molecule has 0 amide bonds. The molecule has 0 nitrogen and oxygen atoms in total. The fourth-order valence-corrected chi connectivity index (χ4v) is 3.84. The molecule has 0 aliphatic heterocycles. The molecule has 0 saturated heterocycles. The molecule has 0 atom stereocenters. The molecule has 1 heteroatoms. The van der Waals surface area contributed by atoms with Gasteiger partial charge in [-0.25, -0.2) is 0 Å². The van der Waals surface area contributed by atoms with Crippen molar-refractivity contribution in [1.29, 1.82) is 0 Å². The molecule has 0 spiro atoms. The summed E-state index contributed by atoms with van der Waals surface area (Å²) in [6.07, 6.45) is 4.65. The van der Waals surface area contributed by atoms with Gasteiger partial charge >= 0.3 is 0 Å². The average Bonchev–Trinajstić information content (AvgIpc) is 2.62. The molecule has 0 N–H and O–H groups in total. The number of rotatable bonds is 3. The van der Waals surface area contributed by atoms with Gasteiger partial charge in [-0.2, -0.15) is 0 Å².